The van der Waals surface area contributed by atoms with Crippen LogP contribution in [0.15, 0.2) is 23.4 Å². The third-order valence-electron chi connectivity index (χ3n) is 4.96. The molecule has 3 heterocycles. The van der Waals surface area contributed by atoms with E-state index in [0.29, 0.717) is 12.3 Å². The molecule has 0 atom stereocenters. The predicted molar refractivity (Wildman–Crippen MR) is 108 cm³/mol. The number of rotatable bonds is 8. The number of nitrogens with one attached hydrogen (secondary N) is 1. The molecule has 0 radical (unpaired) electrons. The summed E-state index contributed by atoms with van der Waals surface area (Å²) in [6.07, 6.45) is 3.86. The quantitative estimate of drug-likeness (QED) is 0.668. The highest BCUT2D eigenvalue weighted by molar-refractivity contribution is 8.00. The van der Waals surface area contributed by atoms with Crippen LogP contribution in [0, 0.1) is 0 Å². The molecule has 2 amide bonds. The van der Waals surface area contributed by atoms with Gasteiger partial charge in [-0.05, 0) is 38.1 Å². The van der Waals surface area contributed by atoms with E-state index >= 15 is 0 Å². The molecule has 7 nitrogen and oxygen atoms in total. The van der Waals surface area contributed by atoms with E-state index in [0.717, 1.165) is 49.9 Å². The lowest BCUT2D eigenvalue weighted by Crippen LogP contribution is -2.47. The third kappa shape index (κ3) is 5.67. The van der Waals surface area contributed by atoms with Crippen LogP contribution in [-0.2, 0) is 9.59 Å². The zero-order valence-electron chi connectivity index (χ0n) is 16.0. The molecule has 2 aliphatic rings. The van der Waals surface area contributed by atoms with Crippen molar-refractivity contribution in [3.8, 4) is 0 Å². The smallest absolute Gasteiger partial charge is 0.240 e. The van der Waals surface area contributed by atoms with Crippen molar-refractivity contribution in [2.24, 2.45) is 0 Å². The molecule has 0 saturated carbocycles. The maximum absolute atomic E-state index is 12.3. The number of aromatic nitrogens is 1. The lowest BCUT2D eigenvalue weighted by molar-refractivity contribution is -0.123. The van der Waals surface area contributed by atoms with Crippen molar-refractivity contribution in [2.75, 3.05) is 63.0 Å². The molecule has 1 N–H and O–H groups in total. The van der Waals surface area contributed by atoms with Gasteiger partial charge in [0.05, 0.1) is 11.4 Å². The monoisotopic (exact) mass is 391 g/mol. The molecule has 2 aliphatic heterocycles. The summed E-state index contributed by atoms with van der Waals surface area (Å²) in [6.45, 7) is 9.63. The average molecular weight is 392 g/mol. The summed E-state index contributed by atoms with van der Waals surface area (Å²) in [7, 11) is 0. The highest BCUT2D eigenvalue weighted by Gasteiger charge is 2.27. The van der Waals surface area contributed by atoms with E-state index < -0.39 is 0 Å². The van der Waals surface area contributed by atoms with Crippen molar-refractivity contribution in [3.05, 3.63) is 18.3 Å². The number of amides is 2. The molecule has 0 unspecified atom stereocenters. The molecule has 1 aromatic heterocycles. The predicted octanol–water partition coefficient (Wildman–Crippen LogP) is 1.05. The first-order valence-electron chi connectivity index (χ1n) is 9.77. The van der Waals surface area contributed by atoms with Crippen LogP contribution in [0.4, 0.5) is 5.69 Å². The number of carbonyl (C=O) groups excluding carboxylic acids is 2. The van der Waals surface area contributed by atoms with Gasteiger partial charge in [0, 0.05) is 38.9 Å². The molecular weight excluding hydrogens is 362 g/mol. The first kappa shape index (κ1) is 20.1. The Bertz CT molecular complexity index is 649. The minimum atomic E-state index is -0.113. The Morgan fingerprint density at radius 3 is 2.70 bits per heavy atom. The van der Waals surface area contributed by atoms with Gasteiger partial charge in [-0.15, -0.1) is 0 Å². The first-order valence-corrected chi connectivity index (χ1v) is 10.8. The van der Waals surface area contributed by atoms with Crippen LogP contribution < -0.4 is 10.2 Å². The fraction of sp³-hybridized carbons (Fsp3) is 0.632. The van der Waals surface area contributed by atoms with Gasteiger partial charge in [-0.1, -0.05) is 18.7 Å². The van der Waals surface area contributed by atoms with Crippen LogP contribution in [-0.4, -0.2) is 84.7 Å². The number of hydrogen-bond donors (Lipinski definition) is 1. The van der Waals surface area contributed by atoms with E-state index in [1.807, 2.05) is 6.07 Å². The number of thioether (sulfide) groups is 1. The van der Waals surface area contributed by atoms with Crippen molar-refractivity contribution in [2.45, 2.75) is 24.8 Å². The second-order valence-electron chi connectivity index (χ2n) is 6.98. The van der Waals surface area contributed by atoms with E-state index in [2.05, 4.69) is 27.0 Å². The van der Waals surface area contributed by atoms with Crippen molar-refractivity contribution in [3.63, 3.8) is 0 Å². The fourth-order valence-corrected chi connectivity index (χ4v) is 4.37. The van der Waals surface area contributed by atoms with Crippen molar-refractivity contribution in [1.29, 1.82) is 0 Å². The van der Waals surface area contributed by atoms with Crippen molar-refractivity contribution < 1.29 is 9.59 Å². The largest absolute Gasteiger partial charge is 0.355 e. The van der Waals surface area contributed by atoms with Crippen LogP contribution in [0.1, 0.15) is 19.8 Å². The molecule has 0 bridgehead atoms. The number of nitrogens with zero attached hydrogens (tertiary/aromatic N) is 4. The Morgan fingerprint density at radius 1 is 1.22 bits per heavy atom. The van der Waals surface area contributed by atoms with Gasteiger partial charge in [-0.2, -0.15) is 0 Å². The molecule has 148 valence electrons. The van der Waals surface area contributed by atoms with Gasteiger partial charge in [-0.3, -0.25) is 14.5 Å². The molecule has 8 heteroatoms. The van der Waals surface area contributed by atoms with Gasteiger partial charge in [0.1, 0.15) is 11.6 Å². The summed E-state index contributed by atoms with van der Waals surface area (Å²) in [4.78, 5) is 35.3. The van der Waals surface area contributed by atoms with E-state index in [4.69, 9.17) is 0 Å². The second-order valence-corrected chi connectivity index (χ2v) is 7.95. The minimum Gasteiger partial charge on any atom is -0.355 e. The van der Waals surface area contributed by atoms with Crippen LogP contribution in [0.3, 0.4) is 0 Å². The van der Waals surface area contributed by atoms with Gasteiger partial charge in [0.2, 0.25) is 11.8 Å². The molecule has 0 spiro atoms. The van der Waals surface area contributed by atoms with E-state index in [1.165, 1.54) is 24.7 Å². The van der Waals surface area contributed by atoms with Gasteiger partial charge in [0.25, 0.3) is 0 Å². The van der Waals surface area contributed by atoms with Crippen molar-refractivity contribution in [1.82, 2.24) is 20.1 Å². The maximum atomic E-state index is 12.3. The Labute approximate surface area is 165 Å². The van der Waals surface area contributed by atoms with Gasteiger partial charge < -0.3 is 15.1 Å². The minimum absolute atomic E-state index is 0.0411. The zero-order chi connectivity index (χ0) is 19.1. The third-order valence-corrected chi connectivity index (χ3v) is 5.93. The number of hydrogen-bond acceptors (Lipinski definition) is 6. The summed E-state index contributed by atoms with van der Waals surface area (Å²) in [5, 5.41) is 3.77. The number of anilines is 1. The highest BCUT2D eigenvalue weighted by Crippen LogP contribution is 2.32. The Balaban J connectivity index is 1.36. The lowest BCUT2D eigenvalue weighted by Gasteiger charge is -2.34. The average Bonchev–Trinajstić information content (AvgIpc) is 2.69. The van der Waals surface area contributed by atoms with Crippen LogP contribution in [0.25, 0.3) is 0 Å². The molecule has 1 aromatic rings. The Morgan fingerprint density at radius 2 is 1.96 bits per heavy atom. The molecule has 3 rings (SSSR count). The van der Waals surface area contributed by atoms with E-state index in [9.17, 15) is 9.59 Å². The maximum Gasteiger partial charge on any atom is 0.240 e. The lowest BCUT2D eigenvalue weighted by atomic mass is 10.2. The molecule has 27 heavy (non-hydrogen) atoms. The summed E-state index contributed by atoms with van der Waals surface area (Å²) >= 11 is 1.43. The SMILES string of the molecule is CCCN1CCN(CCCNC(=O)CN2C(=O)CSc3ncccc32)CC1. The summed E-state index contributed by atoms with van der Waals surface area (Å²) < 4.78 is 0. The van der Waals surface area contributed by atoms with Crippen LogP contribution in [0.5, 0.6) is 0 Å². The molecular formula is C19H29N5O2S. The standard InChI is InChI=1S/C19H29N5O2S/c1-2-8-22-10-12-23(13-11-22)9-4-7-20-17(25)14-24-16-5-3-6-21-19(16)27-15-18(24)26/h3,5-6H,2,4,7-15H2,1H3,(H,20,25). The van der Waals surface area contributed by atoms with Crippen LogP contribution in [0.2, 0.25) is 0 Å². The highest BCUT2D eigenvalue weighted by atomic mass is 32.2. The molecule has 0 aromatic carbocycles. The summed E-state index contributed by atoms with van der Waals surface area (Å²) in [5.74, 6) is 0.180. The molecule has 1 saturated heterocycles. The van der Waals surface area contributed by atoms with Gasteiger partial charge in [-0.25, -0.2) is 4.98 Å². The van der Waals surface area contributed by atoms with Crippen molar-refractivity contribution >= 4 is 29.3 Å². The molecule has 1 fully saturated rings. The number of piperazine rings is 1. The first-order chi connectivity index (χ1) is 13.2. The van der Waals surface area contributed by atoms with E-state index in [-0.39, 0.29) is 18.4 Å². The Kier molecular flexibility index (Phi) is 7.49. The number of pyridine rings is 1. The summed E-state index contributed by atoms with van der Waals surface area (Å²) in [6, 6.07) is 3.64. The van der Waals surface area contributed by atoms with Crippen LogP contribution >= 0.6 is 11.8 Å². The summed E-state index contributed by atoms with van der Waals surface area (Å²) in [5.41, 5.74) is 0.735. The van der Waals surface area contributed by atoms with Gasteiger partial charge >= 0.3 is 0 Å². The zero-order valence-corrected chi connectivity index (χ0v) is 16.8. The second kappa shape index (κ2) is 10.1. The normalized spacial score (nSPS) is 18.4. The van der Waals surface area contributed by atoms with Gasteiger partial charge in [0.15, 0.2) is 0 Å². The topological polar surface area (TPSA) is 68.8 Å². The number of carbonyl (C=O) groups is 2. The Hall–Kier alpha value is -1.64. The fourth-order valence-electron chi connectivity index (χ4n) is 3.50. The van der Waals surface area contributed by atoms with E-state index in [1.54, 1.807) is 17.2 Å². The molecule has 0 aliphatic carbocycles. The number of fused-ring (bicyclic) bond motifs is 1.